The number of aliphatic hydroxyl groups is 1. The van der Waals surface area contributed by atoms with Gasteiger partial charge in [0, 0.05) is 24.9 Å². The standard InChI is InChI=1S/C11H12N4O3S/c1-14-10(6-16)12-13-11(14)19-7-8-2-4-9(5-3-8)15(17)18/h2-5,16H,6-7H2,1H3. The summed E-state index contributed by atoms with van der Waals surface area (Å²) in [6.07, 6.45) is 0. The fourth-order valence-electron chi connectivity index (χ4n) is 1.47. The number of benzene rings is 1. The van der Waals surface area contributed by atoms with Gasteiger partial charge in [0.2, 0.25) is 0 Å². The Bertz CT molecular complexity index is 582. The third kappa shape index (κ3) is 3.09. The van der Waals surface area contributed by atoms with Crippen molar-refractivity contribution >= 4 is 17.4 Å². The van der Waals surface area contributed by atoms with Gasteiger partial charge in [-0.1, -0.05) is 23.9 Å². The van der Waals surface area contributed by atoms with Gasteiger partial charge in [-0.15, -0.1) is 10.2 Å². The number of hydrogen-bond donors (Lipinski definition) is 1. The predicted molar refractivity (Wildman–Crippen MR) is 69.6 cm³/mol. The summed E-state index contributed by atoms with van der Waals surface area (Å²) in [6.45, 7) is -0.151. The van der Waals surface area contributed by atoms with E-state index in [1.165, 1.54) is 23.9 Å². The zero-order valence-corrected chi connectivity index (χ0v) is 11.0. The minimum absolute atomic E-state index is 0.0787. The molecule has 1 aromatic heterocycles. The molecular formula is C11H12N4O3S. The van der Waals surface area contributed by atoms with Crippen LogP contribution in [0, 0.1) is 10.1 Å². The van der Waals surface area contributed by atoms with Gasteiger partial charge in [0.1, 0.15) is 6.61 Å². The quantitative estimate of drug-likeness (QED) is 0.507. The molecule has 2 rings (SSSR count). The molecule has 7 nitrogen and oxygen atoms in total. The van der Waals surface area contributed by atoms with Gasteiger partial charge in [-0.25, -0.2) is 0 Å². The molecule has 0 fully saturated rings. The smallest absolute Gasteiger partial charge is 0.269 e. The molecule has 2 aromatic rings. The second-order valence-electron chi connectivity index (χ2n) is 3.83. The Hall–Kier alpha value is -1.93. The topological polar surface area (TPSA) is 94.1 Å². The Kier molecular flexibility index (Phi) is 4.13. The number of aromatic nitrogens is 3. The molecule has 0 atom stereocenters. The SMILES string of the molecule is Cn1c(CO)nnc1SCc1ccc([N+](=O)[O-])cc1. The zero-order valence-electron chi connectivity index (χ0n) is 10.2. The molecule has 1 heterocycles. The first-order chi connectivity index (χ1) is 9.11. The van der Waals surface area contributed by atoms with E-state index in [9.17, 15) is 10.1 Å². The summed E-state index contributed by atoms with van der Waals surface area (Å²) >= 11 is 1.46. The number of non-ortho nitro benzene ring substituents is 1. The summed E-state index contributed by atoms with van der Waals surface area (Å²) in [4.78, 5) is 10.1. The van der Waals surface area contributed by atoms with Gasteiger partial charge in [-0.3, -0.25) is 10.1 Å². The monoisotopic (exact) mass is 280 g/mol. The van der Waals surface area contributed by atoms with E-state index in [1.807, 2.05) is 0 Å². The van der Waals surface area contributed by atoms with Crippen LogP contribution in [0.3, 0.4) is 0 Å². The van der Waals surface area contributed by atoms with Crippen LogP contribution in [0.5, 0.6) is 0 Å². The first kappa shape index (κ1) is 13.5. The minimum Gasteiger partial charge on any atom is -0.388 e. The van der Waals surface area contributed by atoms with E-state index in [-0.39, 0.29) is 12.3 Å². The Morgan fingerprint density at radius 3 is 2.58 bits per heavy atom. The Labute approximate surface area is 113 Å². The third-order valence-corrected chi connectivity index (χ3v) is 3.67. The van der Waals surface area contributed by atoms with E-state index in [1.54, 1.807) is 23.7 Å². The van der Waals surface area contributed by atoms with Crippen molar-refractivity contribution < 1.29 is 10.0 Å². The highest BCUT2D eigenvalue weighted by Crippen LogP contribution is 2.22. The third-order valence-electron chi connectivity index (χ3n) is 2.58. The Morgan fingerprint density at radius 2 is 2.05 bits per heavy atom. The molecule has 1 aromatic carbocycles. The lowest BCUT2D eigenvalue weighted by molar-refractivity contribution is -0.384. The van der Waals surface area contributed by atoms with Crippen LogP contribution in [-0.2, 0) is 19.4 Å². The Balaban J connectivity index is 2.02. The summed E-state index contributed by atoms with van der Waals surface area (Å²) in [5.41, 5.74) is 1.04. The average molecular weight is 280 g/mol. The van der Waals surface area contributed by atoms with Gasteiger partial charge in [0.05, 0.1) is 4.92 Å². The molecule has 0 amide bonds. The van der Waals surface area contributed by atoms with Crippen molar-refractivity contribution in [1.29, 1.82) is 0 Å². The number of nitrogens with zero attached hydrogens (tertiary/aromatic N) is 4. The fraction of sp³-hybridized carbons (Fsp3) is 0.273. The fourth-order valence-corrected chi connectivity index (χ4v) is 2.36. The number of hydrogen-bond acceptors (Lipinski definition) is 6. The van der Waals surface area contributed by atoms with Gasteiger partial charge in [0.15, 0.2) is 11.0 Å². The molecule has 0 aliphatic heterocycles. The molecule has 0 saturated heterocycles. The zero-order chi connectivity index (χ0) is 13.8. The van der Waals surface area contributed by atoms with Crippen molar-refractivity contribution in [1.82, 2.24) is 14.8 Å². The van der Waals surface area contributed by atoms with Crippen LogP contribution < -0.4 is 0 Å². The maximum absolute atomic E-state index is 10.5. The molecule has 100 valence electrons. The summed E-state index contributed by atoms with van der Waals surface area (Å²) in [5, 5.41) is 28.0. The van der Waals surface area contributed by atoms with Crippen molar-refractivity contribution in [2.45, 2.75) is 17.5 Å². The maximum atomic E-state index is 10.5. The van der Waals surface area contributed by atoms with Crippen molar-refractivity contribution in [3.8, 4) is 0 Å². The Morgan fingerprint density at radius 1 is 1.37 bits per heavy atom. The molecule has 0 radical (unpaired) electrons. The predicted octanol–water partition coefficient (Wildman–Crippen LogP) is 1.51. The largest absolute Gasteiger partial charge is 0.388 e. The molecule has 0 aliphatic carbocycles. The van der Waals surface area contributed by atoms with Gasteiger partial charge >= 0.3 is 0 Å². The highest BCUT2D eigenvalue weighted by Gasteiger charge is 2.09. The van der Waals surface area contributed by atoms with Crippen LogP contribution >= 0.6 is 11.8 Å². The van der Waals surface area contributed by atoms with Crippen LogP contribution in [0.15, 0.2) is 29.4 Å². The molecule has 0 unspecified atom stereocenters. The molecule has 0 bridgehead atoms. The summed E-state index contributed by atoms with van der Waals surface area (Å²) in [7, 11) is 1.78. The number of thioether (sulfide) groups is 1. The normalized spacial score (nSPS) is 10.6. The van der Waals surface area contributed by atoms with Gasteiger partial charge in [-0.2, -0.15) is 0 Å². The minimum atomic E-state index is -0.423. The van der Waals surface area contributed by atoms with Crippen LogP contribution in [0.25, 0.3) is 0 Å². The second kappa shape index (κ2) is 5.81. The molecular weight excluding hydrogens is 268 g/mol. The van der Waals surface area contributed by atoms with Gasteiger partial charge in [0.25, 0.3) is 5.69 Å². The highest BCUT2D eigenvalue weighted by atomic mass is 32.2. The maximum Gasteiger partial charge on any atom is 0.269 e. The highest BCUT2D eigenvalue weighted by molar-refractivity contribution is 7.98. The van der Waals surface area contributed by atoms with Crippen molar-refractivity contribution in [2.24, 2.45) is 7.05 Å². The van der Waals surface area contributed by atoms with E-state index < -0.39 is 4.92 Å². The van der Waals surface area contributed by atoms with Gasteiger partial charge in [-0.05, 0) is 5.56 Å². The van der Waals surface area contributed by atoms with Crippen molar-refractivity contribution in [2.75, 3.05) is 0 Å². The molecule has 8 heteroatoms. The number of aliphatic hydroxyl groups excluding tert-OH is 1. The molecule has 0 spiro atoms. The van der Waals surface area contributed by atoms with Crippen LogP contribution in [0.1, 0.15) is 11.4 Å². The summed E-state index contributed by atoms with van der Waals surface area (Å²) in [6, 6.07) is 6.39. The lowest BCUT2D eigenvalue weighted by Crippen LogP contribution is -1.98. The average Bonchev–Trinajstić information content (AvgIpc) is 2.77. The van der Waals surface area contributed by atoms with Crippen molar-refractivity contribution in [3.63, 3.8) is 0 Å². The summed E-state index contributed by atoms with van der Waals surface area (Å²) < 4.78 is 1.72. The first-order valence-electron chi connectivity index (χ1n) is 5.47. The number of nitro groups is 1. The first-order valence-corrected chi connectivity index (χ1v) is 6.45. The van der Waals surface area contributed by atoms with E-state index in [2.05, 4.69) is 10.2 Å². The van der Waals surface area contributed by atoms with Crippen LogP contribution in [0.2, 0.25) is 0 Å². The molecule has 0 aliphatic rings. The molecule has 0 saturated carbocycles. The molecule has 19 heavy (non-hydrogen) atoms. The van der Waals surface area contributed by atoms with E-state index in [0.29, 0.717) is 16.7 Å². The van der Waals surface area contributed by atoms with Crippen molar-refractivity contribution in [3.05, 3.63) is 45.8 Å². The second-order valence-corrected chi connectivity index (χ2v) is 4.77. The number of rotatable bonds is 5. The lowest BCUT2D eigenvalue weighted by Gasteiger charge is -2.02. The van der Waals surface area contributed by atoms with Crippen LogP contribution in [-0.4, -0.2) is 24.8 Å². The van der Waals surface area contributed by atoms with E-state index in [4.69, 9.17) is 5.11 Å². The van der Waals surface area contributed by atoms with E-state index in [0.717, 1.165) is 5.56 Å². The summed E-state index contributed by atoms with van der Waals surface area (Å²) in [5.74, 6) is 1.14. The van der Waals surface area contributed by atoms with Crippen LogP contribution in [0.4, 0.5) is 5.69 Å². The lowest BCUT2D eigenvalue weighted by atomic mass is 10.2. The van der Waals surface area contributed by atoms with E-state index >= 15 is 0 Å². The number of nitro benzene ring substituents is 1. The molecule has 1 N–H and O–H groups in total. The van der Waals surface area contributed by atoms with Gasteiger partial charge < -0.3 is 9.67 Å².